The molecule has 1 atom stereocenters. The minimum Gasteiger partial charge on any atom is -0.354 e. The maximum absolute atomic E-state index is 13.9. The molecule has 0 saturated heterocycles. The highest BCUT2D eigenvalue weighted by molar-refractivity contribution is 7.92. The predicted molar refractivity (Wildman–Crippen MR) is 157 cm³/mol. The highest BCUT2D eigenvalue weighted by atomic mass is 35.5. The van der Waals surface area contributed by atoms with Crippen LogP contribution >= 0.6 is 46.4 Å². The van der Waals surface area contributed by atoms with Gasteiger partial charge in [-0.1, -0.05) is 83.7 Å². The Balaban J connectivity index is 2.06. The molecule has 0 unspecified atom stereocenters. The molecule has 208 valence electrons. The van der Waals surface area contributed by atoms with Crippen molar-refractivity contribution in [1.29, 1.82) is 0 Å². The van der Waals surface area contributed by atoms with Gasteiger partial charge in [0, 0.05) is 13.1 Å². The standard InChI is InChI=1S/C27H27Cl4N3O4S/c1-3-14-32-27(36)18(2)33(16-19-12-13-21(28)23(30)15-19)25(35)17-34(24-11-7-10-22(29)26(24)31)39(37,38)20-8-5-4-6-9-20/h4-13,15,18H,3,14,16-17H2,1-2H3,(H,32,36)/t18-/m1/s1. The first-order valence-electron chi connectivity index (χ1n) is 12.0. The summed E-state index contributed by atoms with van der Waals surface area (Å²) in [6.07, 6.45) is 0.704. The molecule has 0 spiro atoms. The average Bonchev–Trinajstić information content (AvgIpc) is 2.92. The zero-order valence-electron chi connectivity index (χ0n) is 21.2. The lowest BCUT2D eigenvalue weighted by Gasteiger charge is -2.32. The van der Waals surface area contributed by atoms with Crippen LogP contribution < -0.4 is 9.62 Å². The minimum atomic E-state index is -4.26. The summed E-state index contributed by atoms with van der Waals surface area (Å²) in [6.45, 7) is 3.22. The van der Waals surface area contributed by atoms with Crippen LogP contribution in [0.25, 0.3) is 0 Å². The van der Waals surface area contributed by atoms with E-state index in [1.54, 1.807) is 43.3 Å². The quantitative estimate of drug-likeness (QED) is 0.264. The van der Waals surface area contributed by atoms with E-state index in [0.717, 1.165) is 4.31 Å². The maximum atomic E-state index is 13.9. The molecule has 1 N–H and O–H groups in total. The Morgan fingerprint density at radius 1 is 0.897 bits per heavy atom. The molecule has 7 nitrogen and oxygen atoms in total. The van der Waals surface area contributed by atoms with Crippen molar-refractivity contribution in [3.63, 3.8) is 0 Å². The van der Waals surface area contributed by atoms with E-state index in [1.165, 1.54) is 35.2 Å². The second-order valence-corrected chi connectivity index (χ2v) is 12.1. The second-order valence-electron chi connectivity index (χ2n) is 8.63. The predicted octanol–water partition coefficient (Wildman–Crippen LogP) is 6.44. The first-order chi connectivity index (χ1) is 18.5. The molecule has 0 bridgehead atoms. The summed E-state index contributed by atoms with van der Waals surface area (Å²) >= 11 is 24.9. The number of hydrogen-bond acceptors (Lipinski definition) is 4. The molecule has 12 heteroatoms. The first kappa shape index (κ1) is 31.0. The molecule has 0 fully saturated rings. The van der Waals surface area contributed by atoms with Crippen molar-refractivity contribution in [3.8, 4) is 0 Å². The fourth-order valence-electron chi connectivity index (χ4n) is 3.73. The van der Waals surface area contributed by atoms with E-state index in [1.807, 2.05) is 6.92 Å². The summed E-state index contributed by atoms with van der Waals surface area (Å²) in [5.41, 5.74) is 0.630. The van der Waals surface area contributed by atoms with Gasteiger partial charge in [0.2, 0.25) is 11.8 Å². The molecule has 0 aliphatic heterocycles. The number of carbonyl (C=O) groups excluding carboxylic acids is 2. The smallest absolute Gasteiger partial charge is 0.264 e. The SMILES string of the molecule is CCCNC(=O)[C@@H](C)N(Cc1ccc(Cl)c(Cl)c1)C(=O)CN(c1cccc(Cl)c1Cl)S(=O)(=O)c1ccccc1. The van der Waals surface area contributed by atoms with Gasteiger partial charge in [0.15, 0.2) is 0 Å². The Bertz CT molecular complexity index is 1440. The van der Waals surface area contributed by atoms with Crippen molar-refractivity contribution in [1.82, 2.24) is 10.2 Å². The number of carbonyl (C=O) groups is 2. The van der Waals surface area contributed by atoms with Crippen LogP contribution in [-0.2, 0) is 26.2 Å². The van der Waals surface area contributed by atoms with Gasteiger partial charge < -0.3 is 10.2 Å². The van der Waals surface area contributed by atoms with Gasteiger partial charge in [-0.2, -0.15) is 0 Å². The number of halogens is 4. The van der Waals surface area contributed by atoms with Crippen molar-refractivity contribution in [2.24, 2.45) is 0 Å². The molecule has 3 aromatic rings. The molecule has 39 heavy (non-hydrogen) atoms. The van der Waals surface area contributed by atoms with Gasteiger partial charge in [-0.15, -0.1) is 0 Å². The van der Waals surface area contributed by atoms with E-state index >= 15 is 0 Å². The molecule has 0 aromatic heterocycles. The molecule has 2 amide bonds. The van der Waals surface area contributed by atoms with E-state index in [9.17, 15) is 18.0 Å². The van der Waals surface area contributed by atoms with Crippen LogP contribution in [0.3, 0.4) is 0 Å². The molecule has 3 aromatic carbocycles. The Morgan fingerprint density at radius 2 is 1.59 bits per heavy atom. The summed E-state index contributed by atoms with van der Waals surface area (Å²) in [5, 5.41) is 3.49. The molecule has 0 saturated carbocycles. The maximum Gasteiger partial charge on any atom is 0.264 e. The van der Waals surface area contributed by atoms with Crippen LogP contribution in [0, 0.1) is 0 Å². The minimum absolute atomic E-state index is 0.0268. The largest absolute Gasteiger partial charge is 0.354 e. The third-order valence-electron chi connectivity index (χ3n) is 5.86. The Hall–Kier alpha value is -2.49. The lowest BCUT2D eigenvalue weighted by atomic mass is 10.1. The van der Waals surface area contributed by atoms with Crippen LogP contribution in [0.5, 0.6) is 0 Å². The lowest BCUT2D eigenvalue weighted by Crippen LogP contribution is -2.51. The molecule has 0 aliphatic rings. The molecular weight excluding hydrogens is 604 g/mol. The van der Waals surface area contributed by atoms with Gasteiger partial charge in [-0.25, -0.2) is 8.42 Å². The number of sulfonamides is 1. The van der Waals surface area contributed by atoms with E-state index < -0.39 is 28.5 Å². The van der Waals surface area contributed by atoms with E-state index in [4.69, 9.17) is 46.4 Å². The van der Waals surface area contributed by atoms with Crippen molar-refractivity contribution in [2.45, 2.75) is 37.8 Å². The topological polar surface area (TPSA) is 86.8 Å². The second kappa shape index (κ2) is 13.7. The van der Waals surface area contributed by atoms with E-state index in [2.05, 4.69) is 5.32 Å². The third kappa shape index (κ3) is 7.58. The molecule has 3 rings (SSSR count). The fourth-order valence-corrected chi connectivity index (χ4v) is 5.95. The highest BCUT2D eigenvalue weighted by Crippen LogP contribution is 2.35. The van der Waals surface area contributed by atoms with E-state index in [-0.39, 0.29) is 38.1 Å². The number of hydrogen-bond donors (Lipinski definition) is 1. The van der Waals surface area contributed by atoms with Crippen LogP contribution in [0.1, 0.15) is 25.8 Å². The lowest BCUT2D eigenvalue weighted by molar-refractivity contribution is -0.139. The average molecular weight is 631 g/mol. The number of rotatable bonds is 11. The Kier molecular flexibility index (Phi) is 10.9. The Morgan fingerprint density at radius 3 is 2.23 bits per heavy atom. The normalized spacial score (nSPS) is 12.1. The fraction of sp³-hybridized carbons (Fsp3) is 0.259. The van der Waals surface area contributed by atoms with Crippen LogP contribution in [-0.4, -0.2) is 44.3 Å². The molecular formula is C27H27Cl4N3O4S. The van der Waals surface area contributed by atoms with Gasteiger partial charge in [0.1, 0.15) is 12.6 Å². The molecule has 0 aliphatic carbocycles. The van der Waals surface area contributed by atoms with Crippen LogP contribution in [0.15, 0.2) is 71.6 Å². The van der Waals surface area contributed by atoms with Crippen molar-refractivity contribution in [2.75, 3.05) is 17.4 Å². The summed E-state index contributed by atoms with van der Waals surface area (Å²) in [4.78, 5) is 28.0. The summed E-state index contributed by atoms with van der Waals surface area (Å²) in [7, 11) is -4.26. The number of amides is 2. The monoisotopic (exact) mass is 629 g/mol. The zero-order chi connectivity index (χ0) is 28.7. The number of benzene rings is 3. The van der Waals surface area contributed by atoms with Crippen LogP contribution in [0.2, 0.25) is 20.1 Å². The number of nitrogens with one attached hydrogen (secondary N) is 1. The van der Waals surface area contributed by atoms with Gasteiger partial charge in [0.05, 0.1) is 30.7 Å². The van der Waals surface area contributed by atoms with Gasteiger partial charge in [-0.05, 0) is 55.3 Å². The molecule has 0 heterocycles. The number of nitrogens with zero attached hydrogens (tertiary/aromatic N) is 2. The summed E-state index contributed by atoms with van der Waals surface area (Å²) in [6, 6.07) is 16.1. The van der Waals surface area contributed by atoms with E-state index in [0.29, 0.717) is 23.6 Å². The van der Waals surface area contributed by atoms with Gasteiger partial charge >= 0.3 is 0 Å². The third-order valence-corrected chi connectivity index (χ3v) is 9.19. The summed E-state index contributed by atoms with van der Waals surface area (Å²) < 4.78 is 28.5. The van der Waals surface area contributed by atoms with Crippen molar-refractivity contribution in [3.05, 3.63) is 92.4 Å². The van der Waals surface area contributed by atoms with Gasteiger partial charge in [0.25, 0.3) is 10.0 Å². The van der Waals surface area contributed by atoms with Crippen LogP contribution in [0.4, 0.5) is 5.69 Å². The highest BCUT2D eigenvalue weighted by Gasteiger charge is 2.33. The number of anilines is 1. The molecule has 0 radical (unpaired) electrons. The first-order valence-corrected chi connectivity index (χ1v) is 15.0. The van der Waals surface area contributed by atoms with Crippen molar-refractivity contribution < 1.29 is 18.0 Å². The summed E-state index contributed by atoms with van der Waals surface area (Å²) in [5.74, 6) is -1.03. The Labute approximate surface area is 248 Å². The van der Waals surface area contributed by atoms with Crippen molar-refractivity contribution >= 4 is 73.9 Å². The zero-order valence-corrected chi connectivity index (χ0v) is 25.0. The van der Waals surface area contributed by atoms with Gasteiger partial charge in [-0.3, -0.25) is 13.9 Å².